The van der Waals surface area contributed by atoms with Crippen LogP contribution in [0.4, 0.5) is 4.79 Å². The Kier molecular flexibility index (Phi) is 6.06. The number of carboxylic acid groups (broad SMARTS) is 1. The molecule has 3 aromatic carbocycles. The first-order chi connectivity index (χ1) is 17.3. The molecule has 5 rings (SSSR count). The van der Waals surface area contributed by atoms with Gasteiger partial charge in [-0.2, -0.15) is 0 Å². The Morgan fingerprint density at radius 3 is 2.22 bits per heavy atom. The molecule has 2 N–H and O–H groups in total. The van der Waals surface area contributed by atoms with Crippen molar-refractivity contribution in [3.05, 3.63) is 105 Å². The van der Waals surface area contributed by atoms with Crippen LogP contribution < -0.4 is 10.9 Å². The number of nitrogens with one attached hydrogen (secondary N) is 1. The number of carboxylic acids is 1. The lowest BCUT2D eigenvalue weighted by atomic mass is 9.98. The van der Waals surface area contributed by atoms with Crippen molar-refractivity contribution in [2.24, 2.45) is 0 Å². The topological polar surface area (TPSA) is 106 Å². The van der Waals surface area contributed by atoms with Gasteiger partial charge in [-0.05, 0) is 64.9 Å². The first kappa shape index (κ1) is 23.4. The van der Waals surface area contributed by atoms with Crippen molar-refractivity contribution in [1.82, 2.24) is 5.32 Å². The third kappa shape index (κ3) is 4.35. The Morgan fingerprint density at radius 2 is 1.58 bits per heavy atom. The summed E-state index contributed by atoms with van der Waals surface area (Å²) in [4.78, 5) is 36.8. The number of hydrogen-bond acceptors (Lipinski definition) is 5. The van der Waals surface area contributed by atoms with Gasteiger partial charge in [-0.25, -0.2) is 14.4 Å². The molecule has 1 unspecified atom stereocenters. The van der Waals surface area contributed by atoms with Crippen molar-refractivity contribution < 1.29 is 23.8 Å². The lowest BCUT2D eigenvalue weighted by Gasteiger charge is -2.18. The number of rotatable bonds is 6. The molecule has 1 heterocycles. The second-order valence-electron chi connectivity index (χ2n) is 9.09. The second kappa shape index (κ2) is 9.34. The van der Waals surface area contributed by atoms with Gasteiger partial charge in [0.15, 0.2) is 0 Å². The van der Waals surface area contributed by atoms with E-state index in [2.05, 4.69) is 5.32 Å². The number of amides is 1. The molecule has 0 bridgehead atoms. The minimum Gasteiger partial charge on any atom is -0.480 e. The second-order valence-corrected chi connectivity index (χ2v) is 9.09. The first-order valence-electron chi connectivity index (χ1n) is 11.7. The zero-order valence-corrected chi connectivity index (χ0v) is 19.9. The quantitative estimate of drug-likeness (QED) is 0.376. The predicted octanol–water partition coefficient (Wildman–Crippen LogP) is 4.94. The van der Waals surface area contributed by atoms with Crippen molar-refractivity contribution >= 4 is 23.0 Å². The molecule has 0 fully saturated rings. The van der Waals surface area contributed by atoms with Gasteiger partial charge in [-0.15, -0.1) is 0 Å². The van der Waals surface area contributed by atoms with Gasteiger partial charge < -0.3 is 19.6 Å². The molecule has 182 valence electrons. The SMILES string of the molecule is Cc1cc2oc(=O)cc(CC(NC(=O)OCC3c4ccccc4-c4ccccc43)C(=O)O)c2cc1C. The van der Waals surface area contributed by atoms with Gasteiger partial charge in [0, 0.05) is 23.8 Å². The molecule has 0 saturated carbocycles. The molecule has 4 aromatic rings. The van der Waals surface area contributed by atoms with Gasteiger partial charge in [0.2, 0.25) is 0 Å². The summed E-state index contributed by atoms with van der Waals surface area (Å²) in [6.45, 7) is 3.90. The summed E-state index contributed by atoms with van der Waals surface area (Å²) in [5.74, 6) is -1.37. The van der Waals surface area contributed by atoms with Crippen molar-refractivity contribution in [1.29, 1.82) is 0 Å². The number of aliphatic carboxylic acids is 1. The van der Waals surface area contributed by atoms with E-state index >= 15 is 0 Å². The number of hydrogen-bond donors (Lipinski definition) is 2. The maximum Gasteiger partial charge on any atom is 0.407 e. The van der Waals surface area contributed by atoms with E-state index in [0.29, 0.717) is 16.5 Å². The van der Waals surface area contributed by atoms with Crippen LogP contribution in [0, 0.1) is 13.8 Å². The zero-order valence-electron chi connectivity index (χ0n) is 19.9. The molecule has 7 nitrogen and oxygen atoms in total. The molecule has 1 atom stereocenters. The largest absolute Gasteiger partial charge is 0.480 e. The molecule has 0 aliphatic heterocycles. The molecule has 1 aromatic heterocycles. The Balaban J connectivity index is 1.33. The molecule has 0 radical (unpaired) electrons. The molecule has 1 aliphatic rings. The molecule has 0 spiro atoms. The highest BCUT2D eigenvalue weighted by molar-refractivity contribution is 5.85. The molecule has 36 heavy (non-hydrogen) atoms. The van der Waals surface area contributed by atoms with E-state index in [1.54, 1.807) is 6.07 Å². The summed E-state index contributed by atoms with van der Waals surface area (Å²) >= 11 is 0. The van der Waals surface area contributed by atoms with Gasteiger partial charge >= 0.3 is 17.7 Å². The van der Waals surface area contributed by atoms with Gasteiger partial charge in [-0.3, -0.25) is 0 Å². The monoisotopic (exact) mass is 483 g/mol. The molecule has 1 aliphatic carbocycles. The van der Waals surface area contributed by atoms with Crippen LogP contribution in [0.1, 0.15) is 33.7 Å². The van der Waals surface area contributed by atoms with Crippen molar-refractivity contribution in [3.63, 3.8) is 0 Å². The normalized spacial score (nSPS) is 13.2. The highest BCUT2D eigenvalue weighted by Crippen LogP contribution is 2.44. The van der Waals surface area contributed by atoms with Gasteiger partial charge in [0.25, 0.3) is 0 Å². The molecule has 7 heteroatoms. The van der Waals surface area contributed by atoms with E-state index in [1.165, 1.54) is 6.07 Å². The Morgan fingerprint density at radius 1 is 0.972 bits per heavy atom. The van der Waals surface area contributed by atoms with Crippen molar-refractivity contribution in [3.8, 4) is 11.1 Å². The number of aryl methyl sites for hydroxylation is 2. The van der Waals surface area contributed by atoms with E-state index in [4.69, 9.17) is 9.15 Å². The molecule has 0 saturated heterocycles. The fourth-order valence-electron chi connectivity index (χ4n) is 4.85. The lowest BCUT2D eigenvalue weighted by Crippen LogP contribution is -2.43. The van der Waals surface area contributed by atoms with Crippen LogP contribution in [0.3, 0.4) is 0 Å². The minimum absolute atomic E-state index is 0.0720. The highest BCUT2D eigenvalue weighted by Gasteiger charge is 2.30. The van der Waals surface area contributed by atoms with Gasteiger partial charge in [-0.1, -0.05) is 48.5 Å². The summed E-state index contributed by atoms with van der Waals surface area (Å²) in [6.07, 6.45) is -0.923. The number of carbonyl (C=O) groups excluding carboxylic acids is 1. The van der Waals surface area contributed by atoms with Crippen LogP contribution in [-0.2, 0) is 16.0 Å². The Hall–Kier alpha value is -4.39. The van der Waals surface area contributed by atoms with E-state index in [9.17, 15) is 19.5 Å². The average Bonchev–Trinajstić information content (AvgIpc) is 3.17. The van der Waals surface area contributed by atoms with E-state index in [-0.39, 0.29) is 18.9 Å². The van der Waals surface area contributed by atoms with Crippen LogP contribution in [-0.4, -0.2) is 29.8 Å². The van der Waals surface area contributed by atoms with Crippen LogP contribution in [0.25, 0.3) is 22.1 Å². The molecular weight excluding hydrogens is 458 g/mol. The fourth-order valence-corrected chi connectivity index (χ4v) is 4.85. The van der Waals surface area contributed by atoms with Crippen LogP contribution in [0.15, 0.2) is 75.9 Å². The van der Waals surface area contributed by atoms with Gasteiger partial charge in [0.05, 0.1) is 0 Å². The molecule has 1 amide bonds. The predicted molar refractivity (Wildman–Crippen MR) is 135 cm³/mol. The third-order valence-corrected chi connectivity index (χ3v) is 6.80. The number of carbonyl (C=O) groups is 2. The standard InChI is InChI=1S/C29H25NO6/c1-16-11-23-18(14-27(31)36-26(23)12-17(16)2)13-25(28(32)33)30-29(34)35-15-24-21-9-5-3-7-19(21)20-8-4-6-10-22(20)24/h3-12,14,24-25H,13,15H2,1-2H3,(H,30,34)(H,32,33). The lowest BCUT2D eigenvalue weighted by molar-refractivity contribution is -0.139. The maximum absolute atomic E-state index is 12.7. The third-order valence-electron chi connectivity index (χ3n) is 6.80. The number of fused-ring (bicyclic) bond motifs is 4. The first-order valence-corrected chi connectivity index (χ1v) is 11.7. The Bertz CT molecular complexity index is 1510. The van der Waals surface area contributed by atoms with Crippen molar-refractivity contribution in [2.75, 3.05) is 6.61 Å². The summed E-state index contributed by atoms with van der Waals surface area (Å²) in [5.41, 5.74) is 6.55. The zero-order chi connectivity index (χ0) is 25.4. The fraction of sp³-hybridized carbons (Fsp3) is 0.207. The number of alkyl carbamates (subject to hydrolysis) is 1. The summed E-state index contributed by atoms with van der Waals surface area (Å²) in [6, 6.07) is 19.5. The average molecular weight is 484 g/mol. The highest BCUT2D eigenvalue weighted by atomic mass is 16.5. The smallest absolute Gasteiger partial charge is 0.407 e. The maximum atomic E-state index is 12.7. The summed E-state index contributed by atoms with van der Waals surface area (Å²) in [7, 11) is 0. The minimum atomic E-state index is -1.28. The van der Waals surface area contributed by atoms with Crippen LogP contribution >= 0.6 is 0 Å². The van der Waals surface area contributed by atoms with E-state index < -0.39 is 23.7 Å². The van der Waals surface area contributed by atoms with Crippen LogP contribution in [0.5, 0.6) is 0 Å². The number of ether oxygens (including phenoxy) is 1. The molecular formula is C29H25NO6. The van der Waals surface area contributed by atoms with Gasteiger partial charge in [0.1, 0.15) is 18.2 Å². The number of benzene rings is 3. The Labute approximate surface area is 207 Å². The van der Waals surface area contributed by atoms with Crippen molar-refractivity contribution in [2.45, 2.75) is 32.2 Å². The van der Waals surface area contributed by atoms with Crippen LogP contribution in [0.2, 0.25) is 0 Å². The van der Waals surface area contributed by atoms with E-state index in [0.717, 1.165) is 33.4 Å². The summed E-state index contributed by atoms with van der Waals surface area (Å²) < 4.78 is 10.8. The summed E-state index contributed by atoms with van der Waals surface area (Å²) in [5, 5.41) is 12.9. The van der Waals surface area contributed by atoms with E-state index in [1.807, 2.05) is 68.4 Å².